The van der Waals surface area contributed by atoms with Crippen LogP contribution in [0.5, 0.6) is 5.75 Å². The molecular weight excluding hydrogens is 278 g/mol. The van der Waals surface area contributed by atoms with Crippen LogP contribution < -0.4 is 0 Å². The van der Waals surface area contributed by atoms with E-state index in [0.717, 1.165) is 18.4 Å². The largest absolute Gasteiger partial charge is 0.508 e. The Kier molecular flexibility index (Phi) is 4.25. The van der Waals surface area contributed by atoms with Gasteiger partial charge in [-0.3, -0.25) is 9.69 Å². The van der Waals surface area contributed by atoms with Crippen LogP contribution in [0.15, 0.2) is 24.3 Å². The Morgan fingerprint density at radius 3 is 2.75 bits per heavy atom. The van der Waals surface area contributed by atoms with Gasteiger partial charge in [0.1, 0.15) is 5.75 Å². The number of fused-ring (bicyclic) bond motifs is 2. The molecule has 0 aliphatic carbocycles. The minimum absolute atomic E-state index is 0. The predicted molar refractivity (Wildman–Crippen MR) is 78.4 cm³/mol. The summed E-state index contributed by atoms with van der Waals surface area (Å²) in [6, 6.07) is 7.76. The molecule has 0 unspecified atom stereocenters. The van der Waals surface area contributed by atoms with E-state index < -0.39 is 5.97 Å². The fraction of sp³-hybridized carbons (Fsp3) is 0.533. The highest BCUT2D eigenvalue weighted by Crippen LogP contribution is 2.47. The lowest BCUT2D eigenvalue weighted by Crippen LogP contribution is -2.47. The van der Waals surface area contributed by atoms with Crippen molar-refractivity contribution < 1.29 is 15.0 Å². The molecule has 3 rings (SSSR count). The number of aliphatic carboxylic acids is 1. The molecule has 0 radical (unpaired) electrons. The molecule has 2 saturated heterocycles. The smallest absolute Gasteiger partial charge is 0.307 e. The molecule has 2 aliphatic heterocycles. The summed E-state index contributed by atoms with van der Waals surface area (Å²) in [6.07, 6.45) is 2.84. The van der Waals surface area contributed by atoms with Crippen LogP contribution in [-0.4, -0.2) is 40.2 Å². The van der Waals surface area contributed by atoms with Crippen molar-refractivity contribution in [3.05, 3.63) is 29.8 Å². The van der Waals surface area contributed by atoms with Crippen molar-refractivity contribution >= 4 is 18.4 Å². The Balaban J connectivity index is 0.00000147. The monoisotopic (exact) mass is 297 g/mol. The maximum absolute atomic E-state index is 11.6. The van der Waals surface area contributed by atoms with Crippen molar-refractivity contribution in [3.8, 4) is 5.75 Å². The number of phenolic OH excluding ortho intramolecular Hbond substituents is 1. The Hall–Kier alpha value is -1.26. The van der Waals surface area contributed by atoms with Crippen LogP contribution in [0.1, 0.15) is 30.7 Å². The molecule has 0 saturated carbocycles. The second-order valence-corrected chi connectivity index (χ2v) is 5.77. The van der Waals surface area contributed by atoms with Gasteiger partial charge in [-0.25, -0.2) is 0 Å². The fourth-order valence-electron chi connectivity index (χ4n) is 3.91. The molecule has 4 nitrogen and oxygen atoms in total. The molecule has 2 heterocycles. The quantitative estimate of drug-likeness (QED) is 0.880. The van der Waals surface area contributed by atoms with Crippen LogP contribution >= 0.6 is 12.4 Å². The first kappa shape index (κ1) is 15.1. The number of piperidine rings is 1. The first-order chi connectivity index (χ1) is 9.08. The number of nitrogens with zero attached hydrogens (tertiary/aromatic N) is 1. The van der Waals surface area contributed by atoms with Crippen LogP contribution in [0.25, 0.3) is 0 Å². The SMILES string of the molecule is CN1[C@H]2CC[C@@H]1[C@@H](c1cccc(O)c1)[C@H](C(=O)O)C2.Cl. The standard InChI is InChI=1S/C15H19NO3.ClH/c1-16-10-5-6-13(16)14(12(8-10)15(18)19)9-3-2-4-11(17)7-9;/h2-4,7,10,12-14,17H,5-6,8H2,1H3,(H,18,19);1H/t10-,12+,13+,14-;/m0./s1. The van der Waals surface area contributed by atoms with E-state index in [1.165, 1.54) is 0 Å². The summed E-state index contributed by atoms with van der Waals surface area (Å²) in [4.78, 5) is 13.9. The fourth-order valence-corrected chi connectivity index (χ4v) is 3.91. The molecule has 1 aromatic rings. The lowest BCUT2D eigenvalue weighted by molar-refractivity contribution is -0.145. The first-order valence-corrected chi connectivity index (χ1v) is 6.81. The topological polar surface area (TPSA) is 60.8 Å². The maximum atomic E-state index is 11.6. The number of halogens is 1. The van der Waals surface area contributed by atoms with Crippen molar-refractivity contribution in [3.63, 3.8) is 0 Å². The third-order valence-corrected chi connectivity index (χ3v) is 4.84. The van der Waals surface area contributed by atoms with Gasteiger partial charge in [-0.15, -0.1) is 12.4 Å². The molecule has 0 amide bonds. The van der Waals surface area contributed by atoms with E-state index >= 15 is 0 Å². The highest BCUT2D eigenvalue weighted by atomic mass is 35.5. The van der Waals surface area contributed by atoms with E-state index in [2.05, 4.69) is 11.9 Å². The van der Waals surface area contributed by atoms with Gasteiger partial charge in [-0.2, -0.15) is 0 Å². The van der Waals surface area contributed by atoms with Gasteiger partial charge in [0.25, 0.3) is 0 Å². The van der Waals surface area contributed by atoms with Crippen molar-refractivity contribution in [2.45, 2.75) is 37.3 Å². The molecule has 1 aromatic carbocycles. The van der Waals surface area contributed by atoms with E-state index in [9.17, 15) is 15.0 Å². The molecule has 2 N–H and O–H groups in total. The summed E-state index contributed by atoms with van der Waals surface area (Å²) in [5, 5.41) is 19.2. The molecule has 2 aliphatic rings. The van der Waals surface area contributed by atoms with Gasteiger partial charge >= 0.3 is 5.97 Å². The van der Waals surface area contributed by atoms with E-state index in [1.807, 2.05) is 6.07 Å². The van der Waals surface area contributed by atoms with Crippen LogP contribution in [0.3, 0.4) is 0 Å². The minimum atomic E-state index is -0.710. The number of likely N-dealkylation sites (N-methyl/N-ethyl adjacent to an activating group) is 1. The highest BCUT2D eigenvalue weighted by molar-refractivity contribution is 5.85. The maximum Gasteiger partial charge on any atom is 0.307 e. The summed E-state index contributed by atoms with van der Waals surface area (Å²) in [5.41, 5.74) is 0.949. The van der Waals surface area contributed by atoms with Gasteiger partial charge < -0.3 is 10.2 Å². The van der Waals surface area contributed by atoms with Crippen molar-refractivity contribution in [2.24, 2.45) is 5.92 Å². The zero-order chi connectivity index (χ0) is 13.6. The molecule has 0 aromatic heterocycles. The molecule has 2 fully saturated rings. The number of carboxylic acids is 1. The molecule has 4 atom stereocenters. The number of rotatable bonds is 2. The molecule has 20 heavy (non-hydrogen) atoms. The number of hydrogen-bond acceptors (Lipinski definition) is 3. The van der Waals surface area contributed by atoms with Crippen molar-refractivity contribution in [2.75, 3.05) is 7.05 Å². The number of carboxylic acid groups (broad SMARTS) is 1. The second-order valence-electron chi connectivity index (χ2n) is 5.77. The lowest BCUT2D eigenvalue weighted by atomic mass is 9.76. The van der Waals surface area contributed by atoms with Gasteiger partial charge in [0.05, 0.1) is 5.92 Å². The second kappa shape index (κ2) is 5.62. The third kappa shape index (κ3) is 2.38. The van der Waals surface area contributed by atoms with Crippen LogP contribution in [0.2, 0.25) is 0 Å². The summed E-state index contributed by atoms with van der Waals surface area (Å²) < 4.78 is 0. The predicted octanol–water partition coefficient (Wildman–Crippen LogP) is 2.46. The zero-order valence-corrected chi connectivity index (χ0v) is 12.2. The molecule has 110 valence electrons. The first-order valence-electron chi connectivity index (χ1n) is 6.81. The number of phenols is 1. The summed E-state index contributed by atoms with van der Waals surface area (Å²) in [6.45, 7) is 0. The third-order valence-electron chi connectivity index (χ3n) is 4.84. The Morgan fingerprint density at radius 1 is 1.35 bits per heavy atom. The lowest BCUT2D eigenvalue weighted by Gasteiger charge is -2.41. The van der Waals surface area contributed by atoms with E-state index in [0.29, 0.717) is 12.5 Å². The Labute approximate surface area is 124 Å². The number of carbonyl (C=O) groups is 1. The van der Waals surface area contributed by atoms with Gasteiger partial charge in [0.15, 0.2) is 0 Å². The molecule has 5 heteroatoms. The molecular formula is C15H20ClNO3. The van der Waals surface area contributed by atoms with E-state index in [1.54, 1.807) is 18.2 Å². The molecule has 2 bridgehead atoms. The van der Waals surface area contributed by atoms with Gasteiger partial charge in [0.2, 0.25) is 0 Å². The number of hydrogen-bond donors (Lipinski definition) is 2. The summed E-state index contributed by atoms with van der Waals surface area (Å²) in [5.74, 6) is -0.855. The van der Waals surface area contributed by atoms with Gasteiger partial charge in [-0.05, 0) is 44.0 Å². The van der Waals surface area contributed by atoms with Gasteiger partial charge in [-0.1, -0.05) is 12.1 Å². The van der Waals surface area contributed by atoms with Crippen molar-refractivity contribution in [1.29, 1.82) is 0 Å². The zero-order valence-electron chi connectivity index (χ0n) is 11.4. The summed E-state index contributed by atoms with van der Waals surface area (Å²) >= 11 is 0. The van der Waals surface area contributed by atoms with Gasteiger partial charge in [0, 0.05) is 18.0 Å². The van der Waals surface area contributed by atoms with E-state index in [4.69, 9.17) is 0 Å². The summed E-state index contributed by atoms with van der Waals surface area (Å²) in [7, 11) is 2.09. The highest BCUT2D eigenvalue weighted by Gasteiger charge is 2.48. The molecule has 0 spiro atoms. The normalized spacial score (nSPS) is 32.6. The number of benzene rings is 1. The van der Waals surface area contributed by atoms with Crippen LogP contribution in [-0.2, 0) is 4.79 Å². The van der Waals surface area contributed by atoms with E-state index in [-0.39, 0.29) is 36.0 Å². The minimum Gasteiger partial charge on any atom is -0.508 e. The Morgan fingerprint density at radius 2 is 2.10 bits per heavy atom. The number of aromatic hydroxyl groups is 1. The van der Waals surface area contributed by atoms with Crippen LogP contribution in [0, 0.1) is 5.92 Å². The average Bonchev–Trinajstić information content (AvgIpc) is 2.62. The van der Waals surface area contributed by atoms with Crippen molar-refractivity contribution in [1.82, 2.24) is 4.90 Å². The Bertz CT molecular complexity index is 508. The average molecular weight is 298 g/mol. The van der Waals surface area contributed by atoms with Crippen LogP contribution in [0.4, 0.5) is 0 Å².